The van der Waals surface area contributed by atoms with Crippen LogP contribution in [0, 0.1) is 5.92 Å². The molecule has 0 unspecified atom stereocenters. The fourth-order valence-corrected chi connectivity index (χ4v) is 1.89. The average molecular weight is 315 g/mol. The summed E-state index contributed by atoms with van der Waals surface area (Å²) in [6.07, 6.45) is 3.87. The molecule has 0 atom stereocenters. The van der Waals surface area contributed by atoms with Crippen LogP contribution in [0.1, 0.15) is 39.2 Å². The Bertz CT molecular complexity index is 400. The van der Waals surface area contributed by atoms with Crippen LogP contribution in [0.2, 0.25) is 5.02 Å². The number of ether oxygens (including phenoxy) is 2. The van der Waals surface area contributed by atoms with E-state index in [1.807, 2.05) is 6.07 Å². The van der Waals surface area contributed by atoms with Crippen LogP contribution in [0.25, 0.3) is 0 Å². The molecule has 4 nitrogen and oxygen atoms in total. The van der Waals surface area contributed by atoms with Crippen molar-refractivity contribution in [1.29, 1.82) is 0 Å². The summed E-state index contributed by atoms with van der Waals surface area (Å²) in [5.41, 5.74) is 1.01. The smallest absolute Gasteiger partial charge is 0.213 e. The van der Waals surface area contributed by atoms with Crippen LogP contribution >= 0.6 is 11.6 Å². The zero-order valence-corrected chi connectivity index (χ0v) is 14.1. The van der Waals surface area contributed by atoms with Gasteiger partial charge in [0.2, 0.25) is 5.88 Å². The Morgan fingerprint density at radius 3 is 2.81 bits per heavy atom. The highest BCUT2D eigenvalue weighted by Crippen LogP contribution is 2.19. The lowest BCUT2D eigenvalue weighted by atomic mass is 10.2. The van der Waals surface area contributed by atoms with Gasteiger partial charge in [-0.25, -0.2) is 4.98 Å². The summed E-state index contributed by atoms with van der Waals surface area (Å²) in [4.78, 5) is 4.18. The second kappa shape index (κ2) is 10.8. The third kappa shape index (κ3) is 8.24. The molecule has 120 valence electrons. The van der Waals surface area contributed by atoms with Crippen LogP contribution in [0.4, 0.5) is 0 Å². The van der Waals surface area contributed by atoms with E-state index in [0.29, 0.717) is 30.0 Å². The van der Waals surface area contributed by atoms with E-state index in [-0.39, 0.29) is 0 Å². The molecule has 1 aromatic heterocycles. The normalized spacial score (nSPS) is 11.1. The Morgan fingerprint density at radius 2 is 2.10 bits per heavy atom. The minimum absolute atomic E-state index is 0.511. The Kier molecular flexibility index (Phi) is 9.39. The van der Waals surface area contributed by atoms with Crippen LogP contribution in [-0.4, -0.2) is 31.3 Å². The first-order valence-electron chi connectivity index (χ1n) is 7.69. The number of hydrogen-bond donors (Lipinski definition) is 1. The van der Waals surface area contributed by atoms with Crippen molar-refractivity contribution in [2.75, 3.05) is 26.4 Å². The Morgan fingerprint density at radius 1 is 1.29 bits per heavy atom. The van der Waals surface area contributed by atoms with Crippen LogP contribution in [0.15, 0.2) is 12.3 Å². The minimum atomic E-state index is 0.511. The largest absolute Gasteiger partial charge is 0.475 e. The number of nitrogens with one attached hydrogen (secondary N) is 1. The van der Waals surface area contributed by atoms with Gasteiger partial charge in [-0.3, -0.25) is 0 Å². The number of hydrogen-bond acceptors (Lipinski definition) is 4. The quantitative estimate of drug-likeness (QED) is 0.633. The van der Waals surface area contributed by atoms with E-state index in [1.54, 1.807) is 6.20 Å². The molecule has 1 N–H and O–H groups in total. The van der Waals surface area contributed by atoms with Crippen molar-refractivity contribution in [2.24, 2.45) is 5.92 Å². The lowest BCUT2D eigenvalue weighted by Gasteiger charge is -2.11. The van der Waals surface area contributed by atoms with Crippen molar-refractivity contribution >= 4 is 11.6 Å². The molecule has 0 aromatic carbocycles. The molecule has 0 aliphatic rings. The summed E-state index contributed by atoms with van der Waals surface area (Å²) in [7, 11) is 0. The molecule has 0 aliphatic heterocycles. The van der Waals surface area contributed by atoms with Gasteiger partial charge in [-0.1, -0.05) is 38.8 Å². The third-order valence-corrected chi connectivity index (χ3v) is 3.24. The number of aromatic nitrogens is 1. The summed E-state index contributed by atoms with van der Waals surface area (Å²) >= 11 is 6.15. The zero-order chi connectivity index (χ0) is 15.5. The average Bonchev–Trinajstić information content (AvgIpc) is 2.45. The van der Waals surface area contributed by atoms with Crippen LogP contribution in [0.5, 0.6) is 5.88 Å². The summed E-state index contributed by atoms with van der Waals surface area (Å²) in [6.45, 7) is 10.1. The van der Waals surface area contributed by atoms with Gasteiger partial charge in [0.15, 0.2) is 0 Å². The van der Waals surface area contributed by atoms with Gasteiger partial charge in [0.05, 0.1) is 11.6 Å². The van der Waals surface area contributed by atoms with E-state index in [1.165, 1.54) is 0 Å². The number of rotatable bonds is 11. The molecule has 0 amide bonds. The molecule has 21 heavy (non-hydrogen) atoms. The summed E-state index contributed by atoms with van der Waals surface area (Å²) < 4.78 is 11.0. The van der Waals surface area contributed by atoms with E-state index in [0.717, 1.165) is 38.1 Å². The number of pyridine rings is 1. The standard InChI is InChI=1S/C16H27ClN2O2/c1-4-5-6-20-7-8-21-16-9-14(15(17)12-19-16)11-18-10-13(2)3/h9,12-13,18H,4-8,10-11H2,1-3H3. The first-order valence-corrected chi connectivity index (χ1v) is 8.07. The van der Waals surface area contributed by atoms with Gasteiger partial charge in [-0.2, -0.15) is 0 Å². The highest BCUT2D eigenvalue weighted by atomic mass is 35.5. The molecular formula is C16H27ClN2O2. The summed E-state index contributed by atoms with van der Waals surface area (Å²) in [6, 6.07) is 1.89. The number of unbranched alkanes of at least 4 members (excludes halogenated alkanes) is 1. The molecule has 0 saturated heterocycles. The lowest BCUT2D eigenvalue weighted by Crippen LogP contribution is -2.19. The van der Waals surface area contributed by atoms with Crippen LogP contribution in [0.3, 0.4) is 0 Å². The highest BCUT2D eigenvalue weighted by Gasteiger charge is 2.05. The van der Waals surface area contributed by atoms with Crippen molar-refractivity contribution in [2.45, 2.75) is 40.2 Å². The molecule has 1 heterocycles. The number of nitrogens with zero attached hydrogens (tertiary/aromatic N) is 1. The van der Waals surface area contributed by atoms with E-state index in [2.05, 4.69) is 31.1 Å². The maximum absolute atomic E-state index is 6.15. The highest BCUT2D eigenvalue weighted by molar-refractivity contribution is 6.31. The van der Waals surface area contributed by atoms with Crippen molar-refractivity contribution < 1.29 is 9.47 Å². The number of halogens is 1. The SMILES string of the molecule is CCCCOCCOc1cc(CNCC(C)C)c(Cl)cn1. The van der Waals surface area contributed by atoms with Gasteiger partial charge < -0.3 is 14.8 Å². The maximum atomic E-state index is 6.15. The Labute approximate surface area is 133 Å². The predicted octanol–water partition coefficient (Wildman–Crippen LogP) is 3.68. The van der Waals surface area contributed by atoms with Crippen molar-refractivity contribution in [3.8, 4) is 5.88 Å². The molecule has 5 heteroatoms. The van der Waals surface area contributed by atoms with E-state index < -0.39 is 0 Å². The van der Waals surface area contributed by atoms with Gasteiger partial charge in [-0.05, 0) is 24.4 Å². The second-order valence-electron chi connectivity index (χ2n) is 5.45. The van der Waals surface area contributed by atoms with Gasteiger partial charge in [0.1, 0.15) is 6.61 Å². The first kappa shape index (κ1) is 18.2. The Hall–Kier alpha value is -0.840. The Balaban J connectivity index is 2.34. The second-order valence-corrected chi connectivity index (χ2v) is 5.86. The monoisotopic (exact) mass is 314 g/mol. The first-order chi connectivity index (χ1) is 10.1. The minimum Gasteiger partial charge on any atom is -0.475 e. The lowest BCUT2D eigenvalue weighted by molar-refractivity contribution is 0.0965. The van der Waals surface area contributed by atoms with Gasteiger partial charge in [0, 0.05) is 25.4 Å². The summed E-state index contributed by atoms with van der Waals surface area (Å²) in [5.74, 6) is 1.21. The fourth-order valence-electron chi connectivity index (χ4n) is 1.72. The van der Waals surface area contributed by atoms with Crippen molar-refractivity contribution in [3.05, 3.63) is 22.8 Å². The molecule has 0 bridgehead atoms. The maximum Gasteiger partial charge on any atom is 0.213 e. The van der Waals surface area contributed by atoms with Gasteiger partial charge in [-0.15, -0.1) is 0 Å². The van der Waals surface area contributed by atoms with Gasteiger partial charge >= 0.3 is 0 Å². The molecule has 0 saturated carbocycles. The molecule has 0 spiro atoms. The molecule has 0 radical (unpaired) electrons. The molecule has 1 aromatic rings. The molecule has 1 rings (SSSR count). The van der Waals surface area contributed by atoms with Crippen LogP contribution < -0.4 is 10.1 Å². The molecule has 0 aliphatic carbocycles. The van der Waals surface area contributed by atoms with Crippen molar-refractivity contribution in [3.63, 3.8) is 0 Å². The fraction of sp³-hybridized carbons (Fsp3) is 0.688. The topological polar surface area (TPSA) is 43.4 Å². The van der Waals surface area contributed by atoms with Gasteiger partial charge in [0.25, 0.3) is 0 Å². The van der Waals surface area contributed by atoms with Crippen LogP contribution in [-0.2, 0) is 11.3 Å². The molecule has 0 fully saturated rings. The summed E-state index contributed by atoms with van der Waals surface area (Å²) in [5, 5.41) is 4.03. The zero-order valence-electron chi connectivity index (χ0n) is 13.3. The van der Waals surface area contributed by atoms with E-state index in [9.17, 15) is 0 Å². The predicted molar refractivity (Wildman–Crippen MR) is 87.0 cm³/mol. The van der Waals surface area contributed by atoms with E-state index in [4.69, 9.17) is 21.1 Å². The van der Waals surface area contributed by atoms with Crippen molar-refractivity contribution in [1.82, 2.24) is 10.3 Å². The molecular weight excluding hydrogens is 288 g/mol. The third-order valence-electron chi connectivity index (χ3n) is 2.90. The van der Waals surface area contributed by atoms with E-state index >= 15 is 0 Å².